The van der Waals surface area contributed by atoms with Gasteiger partial charge in [0, 0.05) is 7.11 Å². The number of ether oxygens (including phenoxy) is 3. The highest BCUT2D eigenvalue weighted by Gasteiger charge is 2.34. The number of carbonyl (C=O) groups is 2. The molecule has 1 saturated heterocycles. The van der Waals surface area contributed by atoms with Gasteiger partial charge < -0.3 is 14.2 Å². The van der Waals surface area contributed by atoms with Gasteiger partial charge in [-0.25, -0.2) is 0 Å². The number of imide groups is 1. The van der Waals surface area contributed by atoms with E-state index < -0.39 is 0 Å². The number of hydrogen-bond donors (Lipinski definition) is 0. The standard InChI is InChI=1S/C16H19NO5S/c1-4-22-12-6-5-11(9-13(12)21-3)10-14-15(18)17(7-8-20-2)16(19)23-14/h5-6,9-10H,4,7-8H2,1-3H3/b14-10+. The van der Waals surface area contributed by atoms with Crippen LogP contribution in [0, 0.1) is 0 Å². The van der Waals surface area contributed by atoms with Crippen molar-refractivity contribution in [2.45, 2.75) is 6.92 Å². The van der Waals surface area contributed by atoms with Crippen molar-refractivity contribution in [2.24, 2.45) is 0 Å². The van der Waals surface area contributed by atoms with Crippen molar-refractivity contribution < 1.29 is 23.8 Å². The van der Waals surface area contributed by atoms with E-state index in [0.29, 0.717) is 29.6 Å². The largest absolute Gasteiger partial charge is 0.493 e. The second kappa shape index (κ2) is 8.03. The predicted octanol–water partition coefficient (Wildman–Crippen LogP) is 2.78. The number of nitrogens with zero attached hydrogens (tertiary/aromatic N) is 1. The van der Waals surface area contributed by atoms with Gasteiger partial charge in [0.25, 0.3) is 11.1 Å². The molecule has 1 fully saturated rings. The molecule has 0 radical (unpaired) electrons. The van der Waals surface area contributed by atoms with Crippen molar-refractivity contribution in [2.75, 3.05) is 34.0 Å². The molecule has 1 aromatic carbocycles. The van der Waals surface area contributed by atoms with Crippen LogP contribution in [-0.4, -0.2) is 50.0 Å². The minimum absolute atomic E-state index is 0.255. The van der Waals surface area contributed by atoms with Gasteiger partial charge in [0.1, 0.15) is 0 Å². The average Bonchev–Trinajstić information content (AvgIpc) is 2.81. The molecule has 0 N–H and O–H groups in total. The van der Waals surface area contributed by atoms with Gasteiger partial charge in [0.2, 0.25) is 0 Å². The Morgan fingerprint density at radius 3 is 2.65 bits per heavy atom. The van der Waals surface area contributed by atoms with Crippen LogP contribution in [0.2, 0.25) is 0 Å². The van der Waals surface area contributed by atoms with Gasteiger partial charge in [-0.15, -0.1) is 0 Å². The van der Waals surface area contributed by atoms with Crippen molar-refractivity contribution >= 4 is 29.0 Å². The van der Waals surface area contributed by atoms with Crippen LogP contribution in [0.4, 0.5) is 4.79 Å². The fourth-order valence-electron chi connectivity index (χ4n) is 2.08. The Labute approximate surface area is 139 Å². The first-order valence-corrected chi connectivity index (χ1v) is 7.97. The van der Waals surface area contributed by atoms with Crippen LogP contribution < -0.4 is 9.47 Å². The summed E-state index contributed by atoms with van der Waals surface area (Å²) >= 11 is 0.926. The third kappa shape index (κ3) is 4.05. The topological polar surface area (TPSA) is 65.1 Å². The molecule has 0 spiro atoms. The van der Waals surface area contributed by atoms with E-state index in [2.05, 4.69) is 0 Å². The monoisotopic (exact) mass is 337 g/mol. The molecule has 0 aliphatic carbocycles. The zero-order valence-corrected chi connectivity index (χ0v) is 14.1. The molecule has 23 heavy (non-hydrogen) atoms. The average molecular weight is 337 g/mol. The molecule has 7 heteroatoms. The Morgan fingerprint density at radius 1 is 1.22 bits per heavy atom. The van der Waals surface area contributed by atoms with Crippen LogP contribution >= 0.6 is 11.8 Å². The maximum absolute atomic E-state index is 12.3. The normalized spacial score (nSPS) is 16.3. The van der Waals surface area contributed by atoms with Crippen molar-refractivity contribution in [1.82, 2.24) is 4.90 Å². The first-order chi connectivity index (χ1) is 11.1. The lowest BCUT2D eigenvalue weighted by Crippen LogP contribution is -2.31. The maximum atomic E-state index is 12.3. The second-order valence-electron chi connectivity index (χ2n) is 4.67. The van der Waals surface area contributed by atoms with E-state index in [1.807, 2.05) is 13.0 Å². The summed E-state index contributed by atoms with van der Waals surface area (Å²) in [6.45, 7) is 3.00. The summed E-state index contributed by atoms with van der Waals surface area (Å²) in [6.07, 6.45) is 1.68. The lowest BCUT2D eigenvalue weighted by molar-refractivity contribution is -0.123. The van der Waals surface area contributed by atoms with E-state index in [4.69, 9.17) is 14.2 Å². The zero-order chi connectivity index (χ0) is 16.8. The van der Waals surface area contributed by atoms with Crippen molar-refractivity contribution in [3.05, 3.63) is 28.7 Å². The summed E-state index contributed by atoms with van der Waals surface area (Å²) in [5.41, 5.74) is 0.766. The lowest BCUT2D eigenvalue weighted by atomic mass is 10.2. The van der Waals surface area contributed by atoms with Crippen LogP contribution in [-0.2, 0) is 9.53 Å². The Balaban J connectivity index is 2.21. The van der Waals surface area contributed by atoms with Gasteiger partial charge in [-0.3, -0.25) is 14.5 Å². The molecule has 0 unspecified atom stereocenters. The number of rotatable bonds is 7. The SMILES string of the molecule is CCOc1ccc(/C=C2/SC(=O)N(CCOC)C2=O)cc1OC. The van der Waals surface area contributed by atoms with E-state index in [1.54, 1.807) is 25.3 Å². The van der Waals surface area contributed by atoms with Crippen LogP contribution in [0.1, 0.15) is 12.5 Å². The minimum Gasteiger partial charge on any atom is -0.493 e. The summed E-state index contributed by atoms with van der Waals surface area (Å²) in [5.74, 6) is 0.921. The third-order valence-corrected chi connectivity index (χ3v) is 4.09. The molecule has 0 atom stereocenters. The third-order valence-electron chi connectivity index (χ3n) is 3.18. The molecule has 0 saturated carbocycles. The first-order valence-electron chi connectivity index (χ1n) is 7.15. The Kier molecular flexibility index (Phi) is 6.06. The van der Waals surface area contributed by atoms with Gasteiger partial charge in [-0.2, -0.15) is 0 Å². The van der Waals surface area contributed by atoms with E-state index >= 15 is 0 Å². The molecule has 2 rings (SSSR count). The molecular formula is C16H19NO5S. The van der Waals surface area contributed by atoms with E-state index in [-0.39, 0.29) is 17.7 Å². The summed E-state index contributed by atoms with van der Waals surface area (Å²) in [4.78, 5) is 25.7. The van der Waals surface area contributed by atoms with Crippen molar-refractivity contribution in [3.63, 3.8) is 0 Å². The molecule has 0 bridgehead atoms. The molecule has 2 amide bonds. The van der Waals surface area contributed by atoms with Crippen LogP contribution in [0.3, 0.4) is 0 Å². The number of amides is 2. The first kappa shape index (κ1) is 17.4. The van der Waals surface area contributed by atoms with Crippen molar-refractivity contribution in [1.29, 1.82) is 0 Å². The van der Waals surface area contributed by atoms with Crippen molar-refractivity contribution in [3.8, 4) is 11.5 Å². The Hall–Kier alpha value is -1.99. The summed E-state index contributed by atoms with van der Waals surface area (Å²) < 4.78 is 15.7. The van der Waals surface area contributed by atoms with Gasteiger partial charge >= 0.3 is 0 Å². The van der Waals surface area contributed by atoms with Gasteiger partial charge in [-0.1, -0.05) is 6.07 Å². The summed E-state index contributed by atoms with van der Waals surface area (Å²) in [6, 6.07) is 5.37. The fraction of sp³-hybridized carbons (Fsp3) is 0.375. The number of benzene rings is 1. The molecule has 1 aromatic rings. The van der Waals surface area contributed by atoms with E-state index in [9.17, 15) is 9.59 Å². The quantitative estimate of drug-likeness (QED) is 0.713. The highest BCUT2D eigenvalue weighted by atomic mass is 32.2. The smallest absolute Gasteiger partial charge is 0.293 e. The molecule has 6 nitrogen and oxygen atoms in total. The number of hydrogen-bond acceptors (Lipinski definition) is 6. The molecular weight excluding hydrogens is 318 g/mol. The van der Waals surface area contributed by atoms with Crippen LogP contribution in [0.25, 0.3) is 6.08 Å². The minimum atomic E-state index is -0.301. The maximum Gasteiger partial charge on any atom is 0.293 e. The van der Waals surface area contributed by atoms with Gasteiger partial charge in [0.15, 0.2) is 11.5 Å². The lowest BCUT2D eigenvalue weighted by Gasteiger charge is -2.11. The molecule has 0 aromatic heterocycles. The van der Waals surface area contributed by atoms with Gasteiger partial charge in [-0.05, 0) is 42.5 Å². The second-order valence-corrected chi connectivity index (χ2v) is 5.66. The summed E-state index contributed by atoms with van der Waals surface area (Å²) in [7, 11) is 3.08. The fourth-order valence-corrected chi connectivity index (χ4v) is 2.94. The zero-order valence-electron chi connectivity index (χ0n) is 13.3. The highest BCUT2D eigenvalue weighted by molar-refractivity contribution is 8.18. The number of thioether (sulfide) groups is 1. The highest BCUT2D eigenvalue weighted by Crippen LogP contribution is 2.34. The number of methoxy groups -OCH3 is 2. The molecule has 1 heterocycles. The Bertz CT molecular complexity index is 629. The number of carbonyl (C=O) groups excluding carboxylic acids is 2. The molecule has 124 valence electrons. The predicted molar refractivity (Wildman–Crippen MR) is 88.7 cm³/mol. The van der Waals surface area contributed by atoms with E-state index in [0.717, 1.165) is 17.3 Å². The van der Waals surface area contributed by atoms with Crippen LogP contribution in [0.5, 0.6) is 11.5 Å². The van der Waals surface area contributed by atoms with Gasteiger partial charge in [0.05, 0.1) is 31.8 Å². The summed E-state index contributed by atoms with van der Waals surface area (Å²) in [5, 5.41) is -0.281. The molecule has 1 aliphatic rings. The van der Waals surface area contributed by atoms with Crippen LogP contribution in [0.15, 0.2) is 23.1 Å². The van der Waals surface area contributed by atoms with E-state index in [1.165, 1.54) is 12.0 Å². The Morgan fingerprint density at radius 2 is 2.00 bits per heavy atom. The molecule has 1 aliphatic heterocycles.